The van der Waals surface area contributed by atoms with Crippen LogP contribution in [0.3, 0.4) is 0 Å². The predicted octanol–water partition coefficient (Wildman–Crippen LogP) is 3.53. The molecule has 1 aromatic heterocycles. The summed E-state index contributed by atoms with van der Waals surface area (Å²) >= 11 is 9.29. The summed E-state index contributed by atoms with van der Waals surface area (Å²) in [7, 11) is 0. The van der Waals surface area contributed by atoms with Gasteiger partial charge in [0.25, 0.3) is 0 Å². The number of aromatic nitrogens is 2. The van der Waals surface area contributed by atoms with Gasteiger partial charge >= 0.3 is 0 Å². The van der Waals surface area contributed by atoms with Crippen LogP contribution in [0, 0.1) is 6.92 Å². The zero-order valence-electron chi connectivity index (χ0n) is 9.04. The third kappa shape index (κ3) is 3.08. The molecule has 0 aliphatic heterocycles. The standard InChI is InChI=1S/C11H10BrClN4/c1-6-4-10(17-11(14)15-6)16-9-3-2-7(13)5-8(9)12/h2-5H,1H3,(H3,14,15,16,17). The average Bonchev–Trinajstić information content (AvgIpc) is 2.21. The Hall–Kier alpha value is -1.33. The minimum absolute atomic E-state index is 0.248. The summed E-state index contributed by atoms with van der Waals surface area (Å²) in [5.41, 5.74) is 7.26. The van der Waals surface area contributed by atoms with Crippen molar-refractivity contribution in [2.75, 3.05) is 11.1 Å². The van der Waals surface area contributed by atoms with Gasteiger partial charge in [-0.25, -0.2) is 4.98 Å². The van der Waals surface area contributed by atoms with E-state index in [2.05, 4.69) is 31.2 Å². The maximum atomic E-state index is 5.87. The van der Waals surface area contributed by atoms with E-state index in [1.807, 2.05) is 19.1 Å². The molecule has 0 fully saturated rings. The molecular weight excluding hydrogens is 304 g/mol. The molecular formula is C11H10BrClN4. The summed E-state index contributed by atoms with van der Waals surface area (Å²) in [6, 6.07) is 7.28. The highest BCUT2D eigenvalue weighted by molar-refractivity contribution is 9.10. The monoisotopic (exact) mass is 312 g/mol. The van der Waals surface area contributed by atoms with Gasteiger partial charge < -0.3 is 11.1 Å². The number of nitrogens with zero attached hydrogens (tertiary/aromatic N) is 2. The molecule has 3 N–H and O–H groups in total. The average molecular weight is 314 g/mol. The number of nitrogens with one attached hydrogen (secondary N) is 1. The van der Waals surface area contributed by atoms with E-state index < -0.39 is 0 Å². The van der Waals surface area contributed by atoms with Gasteiger partial charge in [-0.2, -0.15) is 4.98 Å². The Balaban J connectivity index is 2.31. The molecule has 0 unspecified atom stereocenters. The molecule has 0 saturated carbocycles. The van der Waals surface area contributed by atoms with Crippen LogP contribution in [0.1, 0.15) is 5.69 Å². The van der Waals surface area contributed by atoms with Crippen molar-refractivity contribution in [1.82, 2.24) is 9.97 Å². The van der Waals surface area contributed by atoms with Crippen LogP contribution < -0.4 is 11.1 Å². The summed E-state index contributed by atoms with van der Waals surface area (Å²) in [5.74, 6) is 0.899. The topological polar surface area (TPSA) is 63.8 Å². The van der Waals surface area contributed by atoms with Gasteiger partial charge in [-0.3, -0.25) is 0 Å². The van der Waals surface area contributed by atoms with Crippen molar-refractivity contribution < 1.29 is 0 Å². The molecule has 0 spiro atoms. The van der Waals surface area contributed by atoms with Crippen LogP contribution in [-0.4, -0.2) is 9.97 Å². The van der Waals surface area contributed by atoms with E-state index in [1.54, 1.807) is 12.1 Å². The van der Waals surface area contributed by atoms with Crippen LogP contribution in [0.25, 0.3) is 0 Å². The van der Waals surface area contributed by atoms with E-state index in [9.17, 15) is 0 Å². The third-order valence-electron chi connectivity index (χ3n) is 2.07. The highest BCUT2D eigenvalue weighted by Crippen LogP contribution is 2.28. The Kier molecular flexibility index (Phi) is 3.49. The molecule has 0 bridgehead atoms. The van der Waals surface area contributed by atoms with Gasteiger partial charge in [-0.05, 0) is 41.1 Å². The first kappa shape index (κ1) is 12.1. The number of rotatable bonds is 2. The fourth-order valence-electron chi connectivity index (χ4n) is 1.38. The van der Waals surface area contributed by atoms with Gasteiger partial charge in [0, 0.05) is 21.3 Å². The second kappa shape index (κ2) is 4.89. The molecule has 1 heterocycles. The number of benzene rings is 1. The predicted molar refractivity (Wildman–Crippen MR) is 73.6 cm³/mol. The Morgan fingerprint density at radius 2 is 2.06 bits per heavy atom. The number of aryl methyl sites for hydroxylation is 1. The number of anilines is 3. The number of nitrogen functional groups attached to an aromatic ring is 1. The molecule has 0 aliphatic rings. The minimum atomic E-state index is 0.248. The lowest BCUT2D eigenvalue weighted by Crippen LogP contribution is -2.01. The van der Waals surface area contributed by atoms with Gasteiger partial charge in [0.05, 0.1) is 5.69 Å². The van der Waals surface area contributed by atoms with Crippen molar-refractivity contribution in [2.24, 2.45) is 0 Å². The number of hydrogen-bond acceptors (Lipinski definition) is 4. The highest BCUT2D eigenvalue weighted by atomic mass is 79.9. The van der Waals surface area contributed by atoms with Gasteiger partial charge in [-0.15, -0.1) is 0 Å². The zero-order chi connectivity index (χ0) is 12.4. The van der Waals surface area contributed by atoms with E-state index in [0.717, 1.165) is 15.9 Å². The summed E-state index contributed by atoms with van der Waals surface area (Å²) in [5, 5.41) is 3.81. The van der Waals surface area contributed by atoms with Crippen molar-refractivity contribution in [3.63, 3.8) is 0 Å². The van der Waals surface area contributed by atoms with Gasteiger partial charge in [0.15, 0.2) is 0 Å². The van der Waals surface area contributed by atoms with E-state index in [4.69, 9.17) is 17.3 Å². The maximum Gasteiger partial charge on any atom is 0.222 e. The van der Waals surface area contributed by atoms with Crippen molar-refractivity contribution >= 4 is 45.0 Å². The fraction of sp³-hybridized carbons (Fsp3) is 0.0909. The molecule has 1 aromatic carbocycles. The molecule has 6 heteroatoms. The second-order valence-corrected chi connectivity index (χ2v) is 4.79. The Bertz CT molecular complexity index is 539. The molecule has 4 nitrogen and oxygen atoms in total. The van der Waals surface area contributed by atoms with Crippen LogP contribution in [0.15, 0.2) is 28.7 Å². The largest absolute Gasteiger partial charge is 0.368 e. The first-order chi connectivity index (χ1) is 8.04. The third-order valence-corrected chi connectivity index (χ3v) is 2.96. The fourth-order valence-corrected chi connectivity index (χ4v) is 2.17. The molecule has 2 aromatic rings. The Morgan fingerprint density at radius 3 is 2.71 bits per heavy atom. The highest BCUT2D eigenvalue weighted by Gasteiger charge is 2.03. The van der Waals surface area contributed by atoms with Crippen molar-refractivity contribution in [2.45, 2.75) is 6.92 Å². The van der Waals surface area contributed by atoms with Crippen LogP contribution in [0.4, 0.5) is 17.5 Å². The van der Waals surface area contributed by atoms with Crippen molar-refractivity contribution in [3.8, 4) is 0 Å². The Labute approximate surface area is 112 Å². The van der Waals surface area contributed by atoms with E-state index >= 15 is 0 Å². The molecule has 88 valence electrons. The van der Waals surface area contributed by atoms with Gasteiger partial charge in [0.1, 0.15) is 5.82 Å². The lowest BCUT2D eigenvalue weighted by molar-refractivity contribution is 1.12. The van der Waals surface area contributed by atoms with Crippen LogP contribution in [0.5, 0.6) is 0 Å². The summed E-state index contributed by atoms with van der Waals surface area (Å²) in [6.45, 7) is 1.86. The first-order valence-electron chi connectivity index (χ1n) is 4.88. The van der Waals surface area contributed by atoms with E-state index in [0.29, 0.717) is 10.8 Å². The van der Waals surface area contributed by atoms with Crippen molar-refractivity contribution in [1.29, 1.82) is 0 Å². The molecule has 0 atom stereocenters. The Morgan fingerprint density at radius 1 is 1.29 bits per heavy atom. The molecule has 0 aliphatic carbocycles. The van der Waals surface area contributed by atoms with Crippen molar-refractivity contribution in [3.05, 3.63) is 39.5 Å². The van der Waals surface area contributed by atoms with E-state index in [1.165, 1.54) is 0 Å². The van der Waals surface area contributed by atoms with Crippen LogP contribution in [-0.2, 0) is 0 Å². The van der Waals surface area contributed by atoms with E-state index in [-0.39, 0.29) is 5.95 Å². The first-order valence-corrected chi connectivity index (χ1v) is 6.05. The number of halogens is 2. The zero-order valence-corrected chi connectivity index (χ0v) is 11.4. The van der Waals surface area contributed by atoms with Gasteiger partial charge in [-0.1, -0.05) is 11.6 Å². The van der Waals surface area contributed by atoms with Crippen LogP contribution in [0.2, 0.25) is 5.02 Å². The summed E-state index contributed by atoms with van der Waals surface area (Å²) in [4.78, 5) is 8.10. The molecule has 17 heavy (non-hydrogen) atoms. The molecule has 0 radical (unpaired) electrons. The lowest BCUT2D eigenvalue weighted by atomic mass is 10.3. The van der Waals surface area contributed by atoms with Crippen LogP contribution >= 0.6 is 27.5 Å². The normalized spacial score (nSPS) is 10.3. The maximum absolute atomic E-state index is 5.87. The lowest BCUT2D eigenvalue weighted by Gasteiger charge is -2.09. The number of nitrogens with two attached hydrogens (primary N) is 1. The molecule has 0 amide bonds. The SMILES string of the molecule is Cc1cc(Nc2ccc(Cl)cc2Br)nc(N)n1. The minimum Gasteiger partial charge on any atom is -0.368 e. The smallest absolute Gasteiger partial charge is 0.222 e. The molecule has 0 saturated heterocycles. The number of hydrogen-bond donors (Lipinski definition) is 2. The summed E-state index contributed by atoms with van der Waals surface area (Å²) in [6.07, 6.45) is 0. The second-order valence-electron chi connectivity index (χ2n) is 3.50. The van der Waals surface area contributed by atoms with Gasteiger partial charge in [0.2, 0.25) is 5.95 Å². The molecule has 2 rings (SSSR count). The summed E-state index contributed by atoms with van der Waals surface area (Å²) < 4.78 is 0.861. The quantitative estimate of drug-likeness (QED) is 0.890.